The third-order valence-electron chi connectivity index (χ3n) is 6.32. The summed E-state index contributed by atoms with van der Waals surface area (Å²) in [6.45, 7) is 6.62. The quantitative estimate of drug-likeness (QED) is 0.453. The molecule has 0 radical (unpaired) electrons. The van der Waals surface area contributed by atoms with Crippen molar-refractivity contribution in [2.75, 3.05) is 4.90 Å². The first-order valence-corrected chi connectivity index (χ1v) is 12.2. The van der Waals surface area contributed by atoms with Gasteiger partial charge in [0, 0.05) is 15.7 Å². The summed E-state index contributed by atoms with van der Waals surface area (Å²) in [6, 6.07) is 15.9. The fraction of sp³-hybridized carbons (Fsp3) is 0.385. The number of nitrogens with zero attached hydrogens (tertiary/aromatic N) is 2. The highest BCUT2D eigenvalue weighted by molar-refractivity contribution is 7.80. The standard InChI is InChI=1S/C26H29Cl2N3S/c1-25(2,3)22(14-12-18-11-13-19(27)17-21(18)28)29-23-26(15-7-8-16-26)31(24(32)30-23)20-9-5-4-6-10-20/h4-6,9-14,17,22H,7-8,15-16H2,1-3H3,(H,29,30,32). The first-order valence-electron chi connectivity index (χ1n) is 11.1. The number of hydrogen-bond acceptors (Lipinski definition) is 2. The average molecular weight is 487 g/mol. The molecular formula is C26H29Cl2N3S. The summed E-state index contributed by atoms with van der Waals surface area (Å²) in [4.78, 5) is 7.58. The Kier molecular flexibility index (Phi) is 6.67. The van der Waals surface area contributed by atoms with E-state index in [-0.39, 0.29) is 17.0 Å². The van der Waals surface area contributed by atoms with Gasteiger partial charge in [-0.15, -0.1) is 0 Å². The molecule has 2 aliphatic rings. The van der Waals surface area contributed by atoms with E-state index in [9.17, 15) is 0 Å². The van der Waals surface area contributed by atoms with Crippen LogP contribution in [0.25, 0.3) is 6.08 Å². The first kappa shape index (κ1) is 23.3. The lowest BCUT2D eigenvalue weighted by molar-refractivity contribution is 0.366. The van der Waals surface area contributed by atoms with Crippen LogP contribution in [0.2, 0.25) is 10.0 Å². The molecule has 1 aliphatic carbocycles. The van der Waals surface area contributed by atoms with Gasteiger partial charge >= 0.3 is 0 Å². The Balaban J connectivity index is 1.73. The van der Waals surface area contributed by atoms with Gasteiger partial charge < -0.3 is 10.2 Å². The molecule has 1 saturated heterocycles. The Hall–Kier alpha value is -1.88. The van der Waals surface area contributed by atoms with Gasteiger partial charge in [-0.2, -0.15) is 0 Å². The van der Waals surface area contributed by atoms with Gasteiger partial charge in [0.1, 0.15) is 11.4 Å². The number of anilines is 1. The van der Waals surface area contributed by atoms with Gasteiger partial charge in [-0.1, -0.05) is 93.2 Å². The van der Waals surface area contributed by atoms with Crippen molar-refractivity contribution in [3.05, 3.63) is 70.2 Å². The lowest BCUT2D eigenvalue weighted by Gasteiger charge is -2.35. The van der Waals surface area contributed by atoms with Gasteiger partial charge in [0.2, 0.25) is 0 Å². The predicted octanol–water partition coefficient (Wildman–Crippen LogP) is 7.53. The number of amidine groups is 1. The SMILES string of the molecule is CC(C)(C)C(C=Cc1ccc(Cl)cc1Cl)N=C1NC(=S)N(c2ccccc2)C12CCCC2. The zero-order chi connectivity index (χ0) is 22.9. The molecule has 0 aromatic heterocycles. The molecule has 2 aromatic carbocycles. The maximum atomic E-state index is 6.39. The van der Waals surface area contributed by atoms with E-state index in [0.717, 1.165) is 35.0 Å². The largest absolute Gasteiger partial charge is 0.319 e. The molecule has 1 unspecified atom stereocenters. The molecule has 1 spiro atoms. The van der Waals surface area contributed by atoms with E-state index < -0.39 is 0 Å². The highest BCUT2D eigenvalue weighted by Gasteiger charge is 2.51. The number of halogens is 2. The van der Waals surface area contributed by atoms with Gasteiger partial charge in [-0.05, 0) is 60.3 Å². The third-order valence-corrected chi connectivity index (χ3v) is 7.17. The Labute approximate surface area is 206 Å². The monoisotopic (exact) mass is 485 g/mol. The number of nitrogens with one attached hydrogen (secondary N) is 1. The van der Waals surface area contributed by atoms with Crippen LogP contribution in [-0.2, 0) is 0 Å². The minimum absolute atomic E-state index is 0.0484. The number of para-hydroxylation sites is 1. The summed E-state index contributed by atoms with van der Waals surface area (Å²) in [5, 5.41) is 5.48. The van der Waals surface area contributed by atoms with Crippen LogP contribution in [0.15, 0.2) is 59.6 Å². The molecule has 1 saturated carbocycles. The second-order valence-corrected chi connectivity index (χ2v) is 10.9. The van der Waals surface area contributed by atoms with Crippen LogP contribution in [0, 0.1) is 5.41 Å². The molecule has 1 heterocycles. The molecule has 6 heteroatoms. The number of thiocarbonyl (C=S) groups is 1. The smallest absolute Gasteiger partial charge is 0.179 e. The molecule has 1 aliphatic heterocycles. The third kappa shape index (κ3) is 4.59. The van der Waals surface area contributed by atoms with E-state index in [1.807, 2.05) is 24.3 Å². The Morgan fingerprint density at radius 3 is 2.41 bits per heavy atom. The molecule has 4 rings (SSSR count). The van der Waals surface area contributed by atoms with Crippen molar-refractivity contribution in [3.8, 4) is 0 Å². The summed E-state index contributed by atoms with van der Waals surface area (Å²) >= 11 is 18.3. The van der Waals surface area contributed by atoms with Gasteiger partial charge in [-0.3, -0.25) is 4.99 Å². The Bertz CT molecular complexity index is 1050. The zero-order valence-electron chi connectivity index (χ0n) is 18.7. The maximum absolute atomic E-state index is 6.39. The van der Waals surface area contributed by atoms with Crippen LogP contribution in [0.1, 0.15) is 52.0 Å². The van der Waals surface area contributed by atoms with Crippen molar-refractivity contribution in [3.63, 3.8) is 0 Å². The van der Waals surface area contributed by atoms with Crippen LogP contribution >= 0.6 is 35.4 Å². The number of hydrogen-bond donors (Lipinski definition) is 1. The highest BCUT2D eigenvalue weighted by Crippen LogP contribution is 2.42. The average Bonchev–Trinajstić information content (AvgIpc) is 3.31. The second kappa shape index (κ2) is 9.17. The maximum Gasteiger partial charge on any atom is 0.179 e. The van der Waals surface area contributed by atoms with Crippen molar-refractivity contribution in [1.29, 1.82) is 0 Å². The normalized spacial score (nSPS) is 20.5. The topological polar surface area (TPSA) is 27.6 Å². The minimum Gasteiger partial charge on any atom is -0.319 e. The summed E-state index contributed by atoms with van der Waals surface area (Å²) in [5.74, 6) is 0.982. The minimum atomic E-state index is -0.201. The van der Waals surface area contributed by atoms with Gasteiger partial charge in [0.05, 0.1) is 6.04 Å². The number of rotatable bonds is 4. The zero-order valence-corrected chi connectivity index (χ0v) is 21.1. The Morgan fingerprint density at radius 2 is 1.78 bits per heavy atom. The molecule has 0 bridgehead atoms. The van der Waals surface area contributed by atoms with E-state index >= 15 is 0 Å². The van der Waals surface area contributed by atoms with Crippen LogP contribution < -0.4 is 10.2 Å². The fourth-order valence-electron chi connectivity index (χ4n) is 4.58. The van der Waals surface area contributed by atoms with Crippen LogP contribution in [0.4, 0.5) is 5.69 Å². The van der Waals surface area contributed by atoms with Crippen LogP contribution in [-0.4, -0.2) is 22.5 Å². The van der Waals surface area contributed by atoms with Gasteiger partial charge in [0.25, 0.3) is 0 Å². The fourth-order valence-corrected chi connectivity index (χ4v) is 5.43. The van der Waals surface area contributed by atoms with E-state index in [1.54, 1.807) is 6.07 Å². The molecule has 2 aromatic rings. The van der Waals surface area contributed by atoms with Crippen molar-refractivity contribution >= 4 is 58.1 Å². The van der Waals surface area contributed by atoms with E-state index in [1.165, 1.54) is 12.8 Å². The van der Waals surface area contributed by atoms with Crippen molar-refractivity contribution in [2.45, 2.75) is 58.0 Å². The molecule has 1 N–H and O–H groups in total. The molecule has 32 heavy (non-hydrogen) atoms. The van der Waals surface area contributed by atoms with E-state index in [4.69, 9.17) is 40.4 Å². The molecular weight excluding hydrogens is 457 g/mol. The summed E-state index contributed by atoms with van der Waals surface area (Å²) in [7, 11) is 0. The summed E-state index contributed by atoms with van der Waals surface area (Å²) in [6.07, 6.45) is 8.60. The molecule has 1 atom stereocenters. The number of benzene rings is 2. The lowest BCUT2D eigenvalue weighted by Crippen LogP contribution is -2.48. The summed E-state index contributed by atoms with van der Waals surface area (Å²) in [5.41, 5.74) is 1.77. The van der Waals surface area contributed by atoms with Gasteiger partial charge in [-0.25, -0.2) is 0 Å². The summed E-state index contributed by atoms with van der Waals surface area (Å²) < 4.78 is 0. The Morgan fingerprint density at radius 1 is 1.09 bits per heavy atom. The van der Waals surface area contributed by atoms with E-state index in [2.05, 4.69) is 61.3 Å². The van der Waals surface area contributed by atoms with E-state index in [0.29, 0.717) is 10.0 Å². The molecule has 2 fully saturated rings. The van der Waals surface area contributed by atoms with Crippen molar-refractivity contribution in [1.82, 2.24) is 5.32 Å². The van der Waals surface area contributed by atoms with Gasteiger partial charge in [0.15, 0.2) is 5.11 Å². The van der Waals surface area contributed by atoms with Crippen molar-refractivity contribution < 1.29 is 0 Å². The van der Waals surface area contributed by atoms with Crippen molar-refractivity contribution in [2.24, 2.45) is 10.4 Å². The predicted molar refractivity (Wildman–Crippen MR) is 142 cm³/mol. The number of aliphatic imine (C=N–C) groups is 1. The molecule has 3 nitrogen and oxygen atoms in total. The lowest BCUT2D eigenvalue weighted by atomic mass is 9.86. The molecule has 168 valence electrons. The second-order valence-electron chi connectivity index (χ2n) is 9.65. The highest BCUT2D eigenvalue weighted by atomic mass is 35.5. The molecule has 0 amide bonds. The van der Waals surface area contributed by atoms with Crippen LogP contribution in [0.3, 0.4) is 0 Å². The first-order chi connectivity index (χ1) is 15.2. The van der Waals surface area contributed by atoms with Crippen LogP contribution in [0.5, 0.6) is 0 Å².